The zero-order valence-electron chi connectivity index (χ0n) is 9.76. The van der Waals surface area contributed by atoms with Crippen LogP contribution in [0.2, 0.25) is 0 Å². The first-order valence-electron chi connectivity index (χ1n) is 6.15. The van der Waals surface area contributed by atoms with Gasteiger partial charge in [-0.15, -0.1) is 0 Å². The molecule has 0 aromatic carbocycles. The van der Waals surface area contributed by atoms with Crippen molar-refractivity contribution in [3.63, 3.8) is 0 Å². The molecule has 2 fully saturated rings. The van der Waals surface area contributed by atoms with Crippen LogP contribution in [-0.2, 0) is 4.74 Å². The highest BCUT2D eigenvalue weighted by atomic mass is 32.2. The van der Waals surface area contributed by atoms with E-state index in [1.54, 1.807) is 0 Å². The molecule has 0 aromatic rings. The highest BCUT2D eigenvalue weighted by molar-refractivity contribution is 7.99. The van der Waals surface area contributed by atoms with Crippen LogP contribution in [0.1, 0.15) is 32.1 Å². The van der Waals surface area contributed by atoms with Gasteiger partial charge in [0.15, 0.2) is 0 Å². The number of hydrogen-bond donors (Lipinski definition) is 1. The fourth-order valence-electron chi connectivity index (χ4n) is 2.86. The molecule has 0 unspecified atom stereocenters. The maximum Gasteiger partial charge on any atom is 0.0530 e. The molecular weight excluding hydrogens is 206 g/mol. The first-order chi connectivity index (χ1) is 7.35. The Kier molecular flexibility index (Phi) is 4.35. The van der Waals surface area contributed by atoms with Crippen molar-refractivity contribution >= 4 is 11.8 Å². The summed E-state index contributed by atoms with van der Waals surface area (Å²) < 4.78 is 5.40. The summed E-state index contributed by atoms with van der Waals surface area (Å²) in [5, 5.41) is 3.75. The Hall–Kier alpha value is 0.270. The van der Waals surface area contributed by atoms with E-state index in [0.717, 1.165) is 12.6 Å². The Bertz CT molecular complexity index is 186. The molecule has 0 aromatic heterocycles. The average Bonchev–Trinajstić information content (AvgIpc) is 2.85. The van der Waals surface area contributed by atoms with Crippen molar-refractivity contribution in [2.24, 2.45) is 5.41 Å². The van der Waals surface area contributed by atoms with E-state index in [1.165, 1.54) is 50.2 Å². The van der Waals surface area contributed by atoms with Gasteiger partial charge in [0.05, 0.1) is 6.61 Å². The van der Waals surface area contributed by atoms with E-state index in [-0.39, 0.29) is 0 Å². The van der Waals surface area contributed by atoms with Gasteiger partial charge in [0.25, 0.3) is 0 Å². The molecule has 1 N–H and O–H groups in total. The second-order valence-electron chi connectivity index (χ2n) is 5.08. The molecular formula is C12H23NOS. The van der Waals surface area contributed by atoms with Gasteiger partial charge in [-0.3, -0.25) is 0 Å². The summed E-state index contributed by atoms with van der Waals surface area (Å²) in [7, 11) is 1.84. The molecule has 15 heavy (non-hydrogen) atoms. The van der Waals surface area contributed by atoms with Gasteiger partial charge in [0.2, 0.25) is 0 Å². The summed E-state index contributed by atoms with van der Waals surface area (Å²) in [4.78, 5) is 0. The zero-order chi connectivity index (χ0) is 10.6. The van der Waals surface area contributed by atoms with Crippen molar-refractivity contribution in [1.29, 1.82) is 0 Å². The number of methoxy groups -OCH3 is 1. The van der Waals surface area contributed by atoms with Gasteiger partial charge in [0, 0.05) is 30.9 Å². The molecule has 2 aliphatic rings. The molecule has 3 heteroatoms. The third-order valence-electron chi connectivity index (χ3n) is 3.81. The molecule has 0 amide bonds. The molecule has 1 heterocycles. The monoisotopic (exact) mass is 229 g/mol. The Balaban J connectivity index is 1.78. The van der Waals surface area contributed by atoms with Crippen LogP contribution in [0.5, 0.6) is 0 Å². The standard InChI is InChI=1S/C12H23NOS/c1-14-10-12(5-2-3-6-12)9-13-11-4-7-15-8-11/h11,13H,2-10H2,1H3/t11-/m1/s1. The van der Waals surface area contributed by atoms with Crippen LogP contribution in [-0.4, -0.2) is 37.8 Å². The minimum Gasteiger partial charge on any atom is -0.384 e. The van der Waals surface area contributed by atoms with Crippen LogP contribution in [0, 0.1) is 5.41 Å². The third-order valence-corrected chi connectivity index (χ3v) is 4.97. The number of rotatable bonds is 5. The summed E-state index contributed by atoms with van der Waals surface area (Å²) in [6, 6.07) is 0.768. The molecule has 1 saturated heterocycles. The molecule has 2 rings (SSSR count). The van der Waals surface area contributed by atoms with Crippen LogP contribution in [0.25, 0.3) is 0 Å². The van der Waals surface area contributed by atoms with E-state index < -0.39 is 0 Å². The van der Waals surface area contributed by atoms with Crippen molar-refractivity contribution in [2.45, 2.75) is 38.1 Å². The highest BCUT2D eigenvalue weighted by Gasteiger charge is 2.34. The molecule has 0 radical (unpaired) electrons. The molecule has 2 nitrogen and oxygen atoms in total. The summed E-state index contributed by atoms with van der Waals surface area (Å²) in [6.07, 6.45) is 6.85. The lowest BCUT2D eigenvalue weighted by Gasteiger charge is -2.30. The van der Waals surface area contributed by atoms with E-state index in [0.29, 0.717) is 5.41 Å². The quantitative estimate of drug-likeness (QED) is 0.781. The molecule has 88 valence electrons. The molecule has 1 atom stereocenters. The van der Waals surface area contributed by atoms with E-state index in [9.17, 15) is 0 Å². The fraction of sp³-hybridized carbons (Fsp3) is 1.00. The van der Waals surface area contributed by atoms with E-state index in [4.69, 9.17) is 4.74 Å². The van der Waals surface area contributed by atoms with Crippen LogP contribution in [0.4, 0.5) is 0 Å². The van der Waals surface area contributed by atoms with Gasteiger partial charge in [-0.2, -0.15) is 11.8 Å². The number of thioether (sulfide) groups is 1. The lowest BCUT2D eigenvalue weighted by Crippen LogP contribution is -2.40. The Morgan fingerprint density at radius 3 is 2.80 bits per heavy atom. The third kappa shape index (κ3) is 3.11. The minimum atomic E-state index is 0.460. The summed E-state index contributed by atoms with van der Waals surface area (Å²) >= 11 is 2.08. The molecule has 0 spiro atoms. The van der Waals surface area contributed by atoms with E-state index in [2.05, 4.69) is 17.1 Å². The van der Waals surface area contributed by atoms with Crippen LogP contribution >= 0.6 is 11.8 Å². The fourth-order valence-corrected chi connectivity index (χ4v) is 4.05. The lowest BCUT2D eigenvalue weighted by molar-refractivity contribution is 0.0809. The molecule has 0 bridgehead atoms. The summed E-state index contributed by atoms with van der Waals surface area (Å²) in [5.74, 6) is 2.65. The van der Waals surface area contributed by atoms with Crippen molar-refractivity contribution in [2.75, 3.05) is 31.8 Å². The molecule has 1 aliphatic carbocycles. The first-order valence-corrected chi connectivity index (χ1v) is 7.30. The number of hydrogen-bond acceptors (Lipinski definition) is 3. The summed E-state index contributed by atoms with van der Waals surface area (Å²) in [6.45, 7) is 2.12. The van der Waals surface area contributed by atoms with Gasteiger partial charge in [0.1, 0.15) is 0 Å². The highest BCUT2D eigenvalue weighted by Crippen LogP contribution is 2.38. The molecule has 1 saturated carbocycles. The molecule has 1 aliphatic heterocycles. The predicted molar refractivity (Wildman–Crippen MR) is 66.5 cm³/mol. The van der Waals surface area contributed by atoms with Crippen molar-refractivity contribution in [1.82, 2.24) is 5.32 Å². The van der Waals surface area contributed by atoms with E-state index in [1.807, 2.05) is 7.11 Å². The van der Waals surface area contributed by atoms with Gasteiger partial charge >= 0.3 is 0 Å². The predicted octanol–water partition coefficient (Wildman–Crippen LogP) is 2.29. The zero-order valence-corrected chi connectivity index (χ0v) is 10.6. The van der Waals surface area contributed by atoms with Gasteiger partial charge in [-0.25, -0.2) is 0 Å². The summed E-state index contributed by atoms with van der Waals surface area (Å²) in [5.41, 5.74) is 0.460. The number of nitrogens with one attached hydrogen (secondary N) is 1. The average molecular weight is 229 g/mol. The van der Waals surface area contributed by atoms with Gasteiger partial charge in [-0.05, 0) is 25.0 Å². The van der Waals surface area contributed by atoms with Crippen LogP contribution in [0.3, 0.4) is 0 Å². The Labute approximate surface area is 97.5 Å². The maximum absolute atomic E-state index is 5.40. The topological polar surface area (TPSA) is 21.3 Å². The van der Waals surface area contributed by atoms with Gasteiger partial charge in [-0.1, -0.05) is 12.8 Å². The van der Waals surface area contributed by atoms with Crippen LogP contribution in [0.15, 0.2) is 0 Å². The SMILES string of the molecule is COCC1(CN[C@@H]2CCSC2)CCCC1. The normalized spacial score (nSPS) is 29.8. The largest absolute Gasteiger partial charge is 0.384 e. The van der Waals surface area contributed by atoms with Crippen LogP contribution < -0.4 is 5.32 Å². The Morgan fingerprint density at radius 2 is 2.20 bits per heavy atom. The van der Waals surface area contributed by atoms with Crippen molar-refractivity contribution < 1.29 is 4.74 Å². The number of ether oxygens (including phenoxy) is 1. The maximum atomic E-state index is 5.40. The lowest BCUT2D eigenvalue weighted by atomic mass is 9.87. The second-order valence-corrected chi connectivity index (χ2v) is 6.23. The second kappa shape index (κ2) is 5.55. The minimum absolute atomic E-state index is 0.460. The van der Waals surface area contributed by atoms with E-state index >= 15 is 0 Å². The first kappa shape index (κ1) is 11.7. The smallest absolute Gasteiger partial charge is 0.0530 e. The Morgan fingerprint density at radius 1 is 1.40 bits per heavy atom. The van der Waals surface area contributed by atoms with Crippen molar-refractivity contribution in [3.8, 4) is 0 Å². The van der Waals surface area contributed by atoms with Gasteiger partial charge < -0.3 is 10.1 Å². The van der Waals surface area contributed by atoms with Crippen molar-refractivity contribution in [3.05, 3.63) is 0 Å².